The molecule has 0 spiro atoms. The fourth-order valence-electron chi connectivity index (χ4n) is 1.74. The summed E-state index contributed by atoms with van der Waals surface area (Å²) in [4.78, 5) is 0. The first kappa shape index (κ1) is 13.9. The van der Waals surface area contributed by atoms with E-state index in [1.165, 1.54) is 6.07 Å². The molecule has 0 saturated carbocycles. The Morgan fingerprint density at radius 2 is 1.94 bits per heavy atom. The Morgan fingerprint density at radius 3 is 2.47 bits per heavy atom. The maximum absolute atomic E-state index is 13.0. The summed E-state index contributed by atoms with van der Waals surface area (Å²) in [6, 6.07) is 3.90. The molecular formula is C13H19F2NO. The van der Waals surface area contributed by atoms with Crippen molar-refractivity contribution in [2.24, 2.45) is 0 Å². The fraction of sp³-hybridized carbons (Fsp3) is 0.538. The van der Waals surface area contributed by atoms with Crippen molar-refractivity contribution in [1.82, 2.24) is 0 Å². The number of nitrogens with one attached hydrogen (secondary N) is 1. The van der Waals surface area contributed by atoms with Crippen LogP contribution in [0.1, 0.15) is 27.2 Å². The van der Waals surface area contributed by atoms with E-state index < -0.39 is 11.6 Å². The SMILES string of the molecule is COC(C)(C)CC(C)Nc1ccc(F)c(F)c1. The lowest BCUT2D eigenvalue weighted by atomic mass is 10.00. The number of hydrogen-bond acceptors (Lipinski definition) is 2. The van der Waals surface area contributed by atoms with Crippen LogP contribution in [-0.4, -0.2) is 18.8 Å². The molecular weight excluding hydrogens is 224 g/mol. The van der Waals surface area contributed by atoms with E-state index in [0.29, 0.717) is 5.69 Å². The lowest BCUT2D eigenvalue weighted by Crippen LogP contribution is -2.31. The van der Waals surface area contributed by atoms with E-state index in [2.05, 4.69) is 5.32 Å². The van der Waals surface area contributed by atoms with Crippen LogP contribution in [0.15, 0.2) is 18.2 Å². The molecule has 17 heavy (non-hydrogen) atoms. The van der Waals surface area contributed by atoms with Gasteiger partial charge in [-0.2, -0.15) is 0 Å². The minimum atomic E-state index is -0.840. The molecule has 0 bridgehead atoms. The summed E-state index contributed by atoms with van der Waals surface area (Å²) in [7, 11) is 1.66. The van der Waals surface area contributed by atoms with E-state index >= 15 is 0 Å². The van der Waals surface area contributed by atoms with Crippen LogP contribution in [0.2, 0.25) is 0 Å². The van der Waals surface area contributed by atoms with Gasteiger partial charge in [0.15, 0.2) is 11.6 Å². The quantitative estimate of drug-likeness (QED) is 0.853. The predicted molar refractivity (Wildman–Crippen MR) is 65.1 cm³/mol. The maximum atomic E-state index is 13.0. The second-order valence-corrected chi connectivity index (χ2v) is 4.84. The van der Waals surface area contributed by atoms with Crippen molar-refractivity contribution in [1.29, 1.82) is 0 Å². The average molecular weight is 243 g/mol. The first-order valence-corrected chi connectivity index (χ1v) is 5.61. The highest BCUT2D eigenvalue weighted by Crippen LogP contribution is 2.19. The smallest absolute Gasteiger partial charge is 0.160 e. The summed E-state index contributed by atoms with van der Waals surface area (Å²) in [6.45, 7) is 5.94. The highest BCUT2D eigenvalue weighted by molar-refractivity contribution is 5.44. The lowest BCUT2D eigenvalue weighted by Gasteiger charge is -2.27. The highest BCUT2D eigenvalue weighted by Gasteiger charge is 2.20. The third-order valence-corrected chi connectivity index (χ3v) is 2.68. The number of anilines is 1. The van der Waals surface area contributed by atoms with Crippen LogP contribution in [0.4, 0.5) is 14.5 Å². The average Bonchev–Trinajstić information content (AvgIpc) is 2.23. The zero-order valence-electron chi connectivity index (χ0n) is 10.7. The van der Waals surface area contributed by atoms with Crippen molar-refractivity contribution >= 4 is 5.69 Å². The monoisotopic (exact) mass is 243 g/mol. The first-order chi connectivity index (χ1) is 7.84. The van der Waals surface area contributed by atoms with Gasteiger partial charge in [0.05, 0.1) is 5.60 Å². The van der Waals surface area contributed by atoms with Crippen LogP contribution >= 0.6 is 0 Å². The van der Waals surface area contributed by atoms with Crippen molar-refractivity contribution in [3.63, 3.8) is 0 Å². The standard InChI is InChI=1S/C13H19F2NO/c1-9(8-13(2,3)17-4)16-10-5-6-11(14)12(15)7-10/h5-7,9,16H,8H2,1-4H3. The molecule has 0 aromatic heterocycles. The summed E-state index contributed by atoms with van der Waals surface area (Å²) in [5.41, 5.74) is 0.327. The summed E-state index contributed by atoms with van der Waals surface area (Å²) >= 11 is 0. The third kappa shape index (κ3) is 4.30. The minimum Gasteiger partial charge on any atom is -0.382 e. The number of rotatable bonds is 5. The van der Waals surface area contributed by atoms with E-state index in [1.54, 1.807) is 7.11 Å². The number of hydrogen-bond donors (Lipinski definition) is 1. The molecule has 0 aliphatic carbocycles. The Balaban J connectivity index is 2.62. The van der Waals surface area contributed by atoms with Gasteiger partial charge in [-0.1, -0.05) is 0 Å². The van der Waals surface area contributed by atoms with Crippen LogP contribution in [0.3, 0.4) is 0 Å². The predicted octanol–water partition coefficient (Wildman–Crippen LogP) is 3.58. The van der Waals surface area contributed by atoms with E-state index in [9.17, 15) is 8.78 Å². The molecule has 1 rings (SSSR count). The lowest BCUT2D eigenvalue weighted by molar-refractivity contribution is 0.0128. The zero-order chi connectivity index (χ0) is 13.1. The zero-order valence-corrected chi connectivity index (χ0v) is 10.7. The number of ether oxygens (including phenoxy) is 1. The summed E-state index contributed by atoms with van der Waals surface area (Å²) in [6.07, 6.45) is 0.766. The summed E-state index contributed by atoms with van der Waals surface area (Å²) < 4.78 is 31.0. The van der Waals surface area contributed by atoms with E-state index in [1.807, 2.05) is 20.8 Å². The Labute approximate surface area is 101 Å². The topological polar surface area (TPSA) is 21.3 Å². The molecule has 0 fully saturated rings. The largest absolute Gasteiger partial charge is 0.382 e. The van der Waals surface area contributed by atoms with Gasteiger partial charge in [-0.15, -0.1) is 0 Å². The molecule has 0 aliphatic heterocycles. The molecule has 2 nitrogen and oxygen atoms in total. The van der Waals surface area contributed by atoms with Crippen LogP contribution in [0.5, 0.6) is 0 Å². The van der Waals surface area contributed by atoms with Crippen molar-refractivity contribution in [3.8, 4) is 0 Å². The minimum absolute atomic E-state index is 0.106. The second kappa shape index (κ2) is 5.45. The second-order valence-electron chi connectivity index (χ2n) is 4.84. The van der Waals surface area contributed by atoms with Gasteiger partial charge in [-0.25, -0.2) is 8.78 Å². The van der Waals surface area contributed by atoms with E-state index in [4.69, 9.17) is 4.74 Å². The molecule has 4 heteroatoms. The molecule has 1 aromatic rings. The van der Waals surface area contributed by atoms with Crippen molar-refractivity contribution < 1.29 is 13.5 Å². The highest BCUT2D eigenvalue weighted by atomic mass is 19.2. The van der Waals surface area contributed by atoms with Gasteiger partial charge in [0.2, 0.25) is 0 Å². The molecule has 0 heterocycles. The normalized spacial score (nSPS) is 13.5. The Kier molecular flexibility index (Phi) is 4.46. The van der Waals surface area contributed by atoms with E-state index in [-0.39, 0.29) is 11.6 Å². The van der Waals surface area contributed by atoms with Crippen LogP contribution in [0.25, 0.3) is 0 Å². The van der Waals surface area contributed by atoms with Gasteiger partial charge in [0.25, 0.3) is 0 Å². The van der Waals surface area contributed by atoms with E-state index in [0.717, 1.165) is 18.6 Å². The van der Waals surface area contributed by atoms with Gasteiger partial charge in [0, 0.05) is 24.9 Å². The van der Waals surface area contributed by atoms with Crippen molar-refractivity contribution in [2.45, 2.75) is 38.8 Å². The Hall–Kier alpha value is -1.16. The maximum Gasteiger partial charge on any atom is 0.160 e. The van der Waals surface area contributed by atoms with Gasteiger partial charge < -0.3 is 10.1 Å². The number of methoxy groups -OCH3 is 1. The molecule has 0 saturated heterocycles. The number of halogens is 2. The Morgan fingerprint density at radius 1 is 1.29 bits per heavy atom. The molecule has 0 amide bonds. The molecule has 1 atom stereocenters. The van der Waals surface area contributed by atoms with Crippen molar-refractivity contribution in [3.05, 3.63) is 29.8 Å². The molecule has 0 aliphatic rings. The Bertz CT molecular complexity index is 380. The fourth-order valence-corrected chi connectivity index (χ4v) is 1.74. The summed E-state index contributed by atoms with van der Waals surface area (Å²) in [5, 5.41) is 3.11. The van der Waals surface area contributed by atoms with Gasteiger partial charge >= 0.3 is 0 Å². The van der Waals surface area contributed by atoms with Crippen LogP contribution in [0, 0.1) is 11.6 Å². The van der Waals surface area contributed by atoms with Crippen LogP contribution < -0.4 is 5.32 Å². The molecule has 1 aromatic carbocycles. The van der Waals surface area contributed by atoms with Crippen molar-refractivity contribution in [2.75, 3.05) is 12.4 Å². The number of benzene rings is 1. The molecule has 0 radical (unpaired) electrons. The molecule has 1 unspecified atom stereocenters. The summed E-state index contributed by atoms with van der Waals surface area (Å²) in [5.74, 6) is -1.67. The third-order valence-electron chi connectivity index (χ3n) is 2.68. The molecule has 1 N–H and O–H groups in total. The molecule has 96 valence electrons. The van der Waals surface area contributed by atoms with Gasteiger partial charge in [0.1, 0.15) is 0 Å². The van der Waals surface area contributed by atoms with Crippen LogP contribution in [-0.2, 0) is 4.74 Å². The van der Waals surface area contributed by atoms with Gasteiger partial charge in [-0.3, -0.25) is 0 Å². The first-order valence-electron chi connectivity index (χ1n) is 5.61. The van der Waals surface area contributed by atoms with Gasteiger partial charge in [-0.05, 0) is 39.3 Å².